The van der Waals surface area contributed by atoms with Gasteiger partial charge in [-0.2, -0.15) is 0 Å². The molecule has 3 rings (SSSR count). The molecule has 0 fully saturated rings. The molecule has 0 aliphatic heterocycles. The van der Waals surface area contributed by atoms with Crippen LogP contribution in [0.15, 0.2) is 59.0 Å². The predicted molar refractivity (Wildman–Crippen MR) is 110 cm³/mol. The van der Waals surface area contributed by atoms with Crippen LogP contribution in [0.4, 0.5) is 0 Å². The first kappa shape index (κ1) is 20.2. The Bertz CT molecular complexity index is 943. The minimum Gasteiger partial charge on any atom is -0.497 e. The van der Waals surface area contributed by atoms with Gasteiger partial charge in [0.1, 0.15) is 11.3 Å². The molecule has 28 heavy (non-hydrogen) atoms. The highest BCUT2D eigenvalue weighted by molar-refractivity contribution is 6.22. The Morgan fingerprint density at radius 1 is 1.00 bits per heavy atom. The van der Waals surface area contributed by atoms with E-state index < -0.39 is 5.54 Å². The van der Waals surface area contributed by atoms with Crippen LogP contribution in [0, 0.1) is 11.8 Å². The van der Waals surface area contributed by atoms with Crippen LogP contribution in [0.5, 0.6) is 5.75 Å². The molecule has 144 valence electrons. The maximum atomic E-state index is 6.22. The monoisotopic (exact) mass is 415 g/mol. The first-order valence-corrected chi connectivity index (χ1v) is 9.67. The molecule has 0 bridgehead atoms. The predicted octanol–water partition coefficient (Wildman–Crippen LogP) is 3.94. The second-order valence-electron chi connectivity index (χ2n) is 6.08. The van der Waals surface area contributed by atoms with E-state index in [1.54, 1.807) is 7.11 Å². The Labute approximate surface area is 174 Å². The second kappa shape index (κ2) is 9.61. The van der Waals surface area contributed by atoms with Gasteiger partial charge in [-0.05, 0) is 35.7 Å². The van der Waals surface area contributed by atoms with E-state index in [-0.39, 0.29) is 17.7 Å². The van der Waals surface area contributed by atoms with Gasteiger partial charge in [0.25, 0.3) is 5.89 Å². The van der Waals surface area contributed by atoms with Crippen molar-refractivity contribution in [2.24, 2.45) is 0 Å². The third-order valence-corrected chi connectivity index (χ3v) is 5.08. The van der Waals surface area contributed by atoms with Crippen LogP contribution in [0.2, 0.25) is 0 Å². The molecule has 0 atom stereocenters. The van der Waals surface area contributed by atoms with Crippen molar-refractivity contribution in [3.8, 4) is 17.6 Å². The number of ether oxygens (including phenoxy) is 1. The lowest BCUT2D eigenvalue weighted by Gasteiger charge is -2.27. The molecule has 3 aromatic rings. The summed E-state index contributed by atoms with van der Waals surface area (Å²) < 4.78 is 10.9. The first-order chi connectivity index (χ1) is 13.7. The Morgan fingerprint density at radius 2 is 1.71 bits per heavy atom. The second-order valence-corrected chi connectivity index (χ2v) is 6.61. The summed E-state index contributed by atoms with van der Waals surface area (Å²) in [6, 6.07) is 17.3. The first-order valence-electron chi connectivity index (χ1n) is 8.60. The molecule has 7 heteroatoms. The van der Waals surface area contributed by atoms with Crippen LogP contribution < -0.4 is 10.1 Å². The van der Waals surface area contributed by atoms with Gasteiger partial charge in [0.05, 0.1) is 18.9 Å². The van der Waals surface area contributed by atoms with Crippen molar-refractivity contribution in [3.05, 3.63) is 77.5 Å². The zero-order chi connectivity index (χ0) is 19.8. The number of alkyl halides is 2. The Hall–Kier alpha value is -2.52. The van der Waals surface area contributed by atoms with Crippen molar-refractivity contribution in [3.63, 3.8) is 0 Å². The Balaban J connectivity index is 1.75. The average Bonchev–Trinajstić information content (AvgIpc) is 3.24. The molecule has 1 aromatic heterocycles. The minimum absolute atomic E-state index is 0.167. The van der Waals surface area contributed by atoms with E-state index in [1.807, 2.05) is 54.6 Å². The fourth-order valence-electron chi connectivity index (χ4n) is 2.45. The summed E-state index contributed by atoms with van der Waals surface area (Å²) in [4.78, 5) is 0. The van der Waals surface area contributed by atoms with Crippen molar-refractivity contribution >= 4 is 23.2 Å². The number of aromatic nitrogens is 2. The molecule has 0 unspecified atom stereocenters. The van der Waals surface area contributed by atoms with Crippen LogP contribution in [0.1, 0.15) is 22.9 Å². The molecule has 0 amide bonds. The molecule has 1 N–H and O–H groups in total. The van der Waals surface area contributed by atoms with Crippen molar-refractivity contribution in [1.29, 1.82) is 0 Å². The summed E-state index contributed by atoms with van der Waals surface area (Å²) in [5, 5.41) is 11.5. The molecule has 0 saturated heterocycles. The lowest BCUT2D eigenvalue weighted by Crippen LogP contribution is -2.46. The Morgan fingerprint density at radius 3 is 2.36 bits per heavy atom. The van der Waals surface area contributed by atoms with Gasteiger partial charge in [-0.3, -0.25) is 5.32 Å². The highest BCUT2D eigenvalue weighted by Crippen LogP contribution is 2.24. The zero-order valence-corrected chi connectivity index (χ0v) is 16.8. The summed E-state index contributed by atoms with van der Waals surface area (Å²) in [6.45, 7) is 0.525. The van der Waals surface area contributed by atoms with E-state index in [1.165, 1.54) is 0 Å². The summed E-state index contributed by atoms with van der Waals surface area (Å²) >= 11 is 12.4. The number of halogens is 2. The van der Waals surface area contributed by atoms with Crippen LogP contribution in [0.3, 0.4) is 0 Å². The zero-order valence-electron chi connectivity index (χ0n) is 15.3. The molecule has 1 heterocycles. The summed E-state index contributed by atoms with van der Waals surface area (Å²) in [7, 11) is 1.63. The number of hydrogen-bond acceptors (Lipinski definition) is 5. The van der Waals surface area contributed by atoms with Gasteiger partial charge in [0.2, 0.25) is 5.89 Å². The van der Waals surface area contributed by atoms with Gasteiger partial charge >= 0.3 is 0 Å². The third kappa shape index (κ3) is 4.85. The molecular weight excluding hydrogens is 397 g/mol. The maximum Gasteiger partial charge on any atom is 0.294 e. The van der Waals surface area contributed by atoms with Gasteiger partial charge in [-0.1, -0.05) is 41.4 Å². The number of nitrogens with one attached hydrogen (secondary N) is 1. The maximum absolute atomic E-state index is 6.22. The van der Waals surface area contributed by atoms with E-state index >= 15 is 0 Å². The van der Waals surface area contributed by atoms with Crippen LogP contribution in [-0.2, 0) is 12.1 Å². The highest BCUT2D eigenvalue weighted by Gasteiger charge is 2.36. The fraction of sp³-hybridized carbons (Fsp3) is 0.238. The number of hydrogen-bond donors (Lipinski definition) is 1. The van der Waals surface area contributed by atoms with Gasteiger partial charge < -0.3 is 9.15 Å². The van der Waals surface area contributed by atoms with Gasteiger partial charge in [-0.25, -0.2) is 0 Å². The SMILES string of the molecule is COc1ccc(CNC(CCl)(CCl)c2nnc(C#Cc3ccccc3)o2)cc1. The highest BCUT2D eigenvalue weighted by atomic mass is 35.5. The smallest absolute Gasteiger partial charge is 0.294 e. The number of benzene rings is 2. The van der Waals surface area contributed by atoms with Gasteiger partial charge in [0, 0.05) is 12.1 Å². The molecule has 0 radical (unpaired) electrons. The van der Waals surface area contributed by atoms with E-state index in [0.29, 0.717) is 12.4 Å². The topological polar surface area (TPSA) is 60.2 Å². The van der Waals surface area contributed by atoms with E-state index in [9.17, 15) is 0 Å². The number of nitrogens with zero attached hydrogens (tertiary/aromatic N) is 2. The largest absolute Gasteiger partial charge is 0.497 e. The van der Waals surface area contributed by atoms with Crippen molar-refractivity contribution in [2.45, 2.75) is 12.1 Å². The molecule has 2 aromatic carbocycles. The van der Waals surface area contributed by atoms with E-state index in [0.717, 1.165) is 16.9 Å². The Kier molecular flexibility index (Phi) is 6.94. The van der Waals surface area contributed by atoms with E-state index in [4.69, 9.17) is 32.4 Å². The normalized spacial score (nSPS) is 11.0. The van der Waals surface area contributed by atoms with Crippen molar-refractivity contribution < 1.29 is 9.15 Å². The van der Waals surface area contributed by atoms with Gasteiger partial charge in [-0.15, -0.1) is 28.3 Å². The molecule has 0 aliphatic rings. The van der Waals surface area contributed by atoms with Crippen LogP contribution >= 0.6 is 23.2 Å². The number of methoxy groups -OCH3 is 1. The van der Waals surface area contributed by atoms with E-state index in [2.05, 4.69) is 27.4 Å². The van der Waals surface area contributed by atoms with Crippen LogP contribution in [0.25, 0.3) is 0 Å². The molecular formula is C21H19Cl2N3O2. The number of rotatable bonds is 7. The van der Waals surface area contributed by atoms with Crippen molar-refractivity contribution in [1.82, 2.24) is 15.5 Å². The van der Waals surface area contributed by atoms with Gasteiger partial charge in [0.15, 0.2) is 0 Å². The summed E-state index contributed by atoms with van der Waals surface area (Å²) in [5.41, 5.74) is 1.05. The molecule has 0 saturated carbocycles. The lowest BCUT2D eigenvalue weighted by molar-refractivity contribution is 0.311. The average molecular weight is 416 g/mol. The molecule has 5 nitrogen and oxygen atoms in total. The summed E-state index contributed by atoms with van der Waals surface area (Å²) in [6.07, 6.45) is 0. The molecule has 0 spiro atoms. The lowest BCUT2D eigenvalue weighted by atomic mass is 10.0. The fourth-order valence-corrected chi connectivity index (χ4v) is 3.15. The molecule has 0 aliphatic carbocycles. The summed E-state index contributed by atoms with van der Waals surface area (Å²) in [5.74, 6) is 7.51. The van der Waals surface area contributed by atoms with Crippen LogP contribution in [-0.4, -0.2) is 29.1 Å². The standard InChI is InChI=1S/C21H19Cl2N3O2/c1-27-18-10-7-17(8-11-18)13-24-21(14-22,15-23)20-26-25-19(28-20)12-9-16-5-3-2-4-6-16/h2-8,10-11,24H,13-15H2,1H3. The van der Waals surface area contributed by atoms with Crippen molar-refractivity contribution in [2.75, 3.05) is 18.9 Å². The quantitative estimate of drug-likeness (QED) is 0.467. The third-order valence-electron chi connectivity index (χ3n) is 4.17. The minimum atomic E-state index is -0.858.